The zero-order valence-corrected chi connectivity index (χ0v) is 10.3. The number of rotatable bonds is 3. The van der Waals surface area contributed by atoms with Crippen LogP contribution in [0, 0.1) is 5.41 Å². The summed E-state index contributed by atoms with van der Waals surface area (Å²) >= 11 is 0. The molecule has 0 rings (SSSR count). The van der Waals surface area contributed by atoms with Gasteiger partial charge in [0.05, 0.1) is 0 Å². The Kier molecular flexibility index (Phi) is 4.18. The van der Waals surface area contributed by atoms with Gasteiger partial charge in [-0.25, -0.2) is 0 Å². The highest BCUT2D eigenvalue weighted by Crippen LogP contribution is 2.25. The molecule has 0 saturated carbocycles. The summed E-state index contributed by atoms with van der Waals surface area (Å²) in [6, 6.07) is 1.04. The molecule has 0 aromatic rings. The van der Waals surface area contributed by atoms with Crippen molar-refractivity contribution in [2.24, 2.45) is 5.41 Å². The van der Waals surface area contributed by atoms with E-state index in [9.17, 15) is 0 Å². The second-order valence-electron chi connectivity index (χ2n) is 5.23. The fourth-order valence-corrected chi connectivity index (χ4v) is 1.29. The smallest absolute Gasteiger partial charge is 0.0273 e. The Balaban J connectivity index is 4.42. The van der Waals surface area contributed by atoms with Crippen LogP contribution in [0.1, 0.15) is 41.5 Å². The van der Waals surface area contributed by atoms with E-state index in [1.807, 2.05) is 0 Å². The molecule has 2 unspecified atom stereocenters. The van der Waals surface area contributed by atoms with Crippen LogP contribution in [-0.2, 0) is 0 Å². The molecule has 1 nitrogen and oxygen atoms in total. The second-order valence-corrected chi connectivity index (χ2v) is 5.23. The van der Waals surface area contributed by atoms with Crippen LogP contribution in [0.25, 0.3) is 0 Å². The lowest BCUT2D eigenvalue weighted by atomic mass is 9.86. The molecule has 1 heteroatoms. The van der Waals surface area contributed by atoms with E-state index in [2.05, 4.69) is 60.1 Å². The fraction of sp³-hybridized carbons (Fsp3) is 0.833. The van der Waals surface area contributed by atoms with Gasteiger partial charge in [-0.05, 0) is 33.2 Å². The molecule has 0 bridgehead atoms. The Morgan fingerprint density at radius 3 is 1.85 bits per heavy atom. The van der Waals surface area contributed by atoms with Crippen molar-refractivity contribution in [2.75, 3.05) is 7.05 Å². The lowest BCUT2D eigenvalue weighted by molar-refractivity contribution is 0.118. The van der Waals surface area contributed by atoms with Crippen molar-refractivity contribution in [1.29, 1.82) is 0 Å². The van der Waals surface area contributed by atoms with Crippen LogP contribution in [-0.4, -0.2) is 24.0 Å². The number of likely N-dealkylation sites (N-methyl/N-ethyl adjacent to an activating group) is 1. The Labute approximate surface area is 83.8 Å². The van der Waals surface area contributed by atoms with E-state index >= 15 is 0 Å². The second kappa shape index (κ2) is 4.28. The summed E-state index contributed by atoms with van der Waals surface area (Å²) in [7, 11) is 2.18. The van der Waals surface area contributed by atoms with Crippen LogP contribution in [0.2, 0.25) is 0 Å². The van der Waals surface area contributed by atoms with Gasteiger partial charge in [0.15, 0.2) is 0 Å². The Hall–Kier alpha value is -0.300. The van der Waals surface area contributed by atoms with Crippen molar-refractivity contribution in [2.45, 2.75) is 53.6 Å². The maximum atomic E-state index is 4.00. The van der Waals surface area contributed by atoms with E-state index < -0.39 is 0 Å². The highest BCUT2D eigenvalue weighted by atomic mass is 15.2. The first kappa shape index (κ1) is 12.7. The minimum Gasteiger partial charge on any atom is -0.297 e. The van der Waals surface area contributed by atoms with E-state index in [4.69, 9.17) is 0 Å². The minimum atomic E-state index is 0.332. The third-order valence-corrected chi connectivity index (χ3v) is 3.19. The summed E-state index contributed by atoms with van der Waals surface area (Å²) in [6.45, 7) is 17.4. The average molecular weight is 183 g/mol. The van der Waals surface area contributed by atoms with Gasteiger partial charge in [0.1, 0.15) is 0 Å². The molecule has 0 N–H and O–H groups in total. The first-order valence-corrected chi connectivity index (χ1v) is 5.05. The molecular formula is C12H25N. The van der Waals surface area contributed by atoms with E-state index in [0.29, 0.717) is 17.5 Å². The first-order chi connectivity index (χ1) is 5.68. The van der Waals surface area contributed by atoms with Gasteiger partial charge in [0, 0.05) is 12.1 Å². The van der Waals surface area contributed by atoms with Gasteiger partial charge in [0.25, 0.3) is 0 Å². The van der Waals surface area contributed by atoms with E-state index in [-0.39, 0.29) is 0 Å². The normalized spacial score (nSPS) is 17.2. The third kappa shape index (κ3) is 3.51. The maximum absolute atomic E-state index is 4.00. The lowest BCUT2D eigenvalue weighted by Crippen LogP contribution is -2.44. The van der Waals surface area contributed by atoms with Gasteiger partial charge in [-0.1, -0.05) is 32.9 Å². The quantitative estimate of drug-likeness (QED) is 0.607. The molecular weight excluding hydrogens is 158 g/mol. The average Bonchev–Trinajstić information content (AvgIpc) is 1.98. The molecule has 0 saturated heterocycles. The summed E-state index contributed by atoms with van der Waals surface area (Å²) in [5, 5.41) is 0. The van der Waals surface area contributed by atoms with E-state index in [0.717, 1.165) is 0 Å². The van der Waals surface area contributed by atoms with Crippen LogP contribution in [0.4, 0.5) is 0 Å². The van der Waals surface area contributed by atoms with Gasteiger partial charge < -0.3 is 0 Å². The molecule has 0 heterocycles. The van der Waals surface area contributed by atoms with Crippen LogP contribution in [0.5, 0.6) is 0 Å². The van der Waals surface area contributed by atoms with E-state index in [1.54, 1.807) is 0 Å². The van der Waals surface area contributed by atoms with Crippen LogP contribution in [0.3, 0.4) is 0 Å². The summed E-state index contributed by atoms with van der Waals surface area (Å²) in [5.41, 5.74) is 1.57. The Bertz CT molecular complexity index is 176. The predicted octanol–water partition coefficient (Wildman–Crippen LogP) is 3.32. The molecule has 0 aliphatic heterocycles. The summed E-state index contributed by atoms with van der Waals surface area (Å²) in [6.07, 6.45) is 0. The Morgan fingerprint density at radius 2 is 1.62 bits per heavy atom. The van der Waals surface area contributed by atoms with Crippen molar-refractivity contribution in [3.05, 3.63) is 12.2 Å². The Morgan fingerprint density at radius 1 is 1.23 bits per heavy atom. The van der Waals surface area contributed by atoms with Gasteiger partial charge in [0.2, 0.25) is 0 Å². The van der Waals surface area contributed by atoms with Crippen molar-refractivity contribution < 1.29 is 0 Å². The molecule has 13 heavy (non-hydrogen) atoms. The molecule has 0 aromatic heterocycles. The summed E-state index contributed by atoms with van der Waals surface area (Å²) in [4.78, 5) is 2.39. The predicted molar refractivity (Wildman–Crippen MR) is 61.0 cm³/mol. The van der Waals surface area contributed by atoms with Crippen LogP contribution in [0.15, 0.2) is 12.2 Å². The highest BCUT2D eigenvalue weighted by molar-refractivity contribution is 5.01. The van der Waals surface area contributed by atoms with Crippen molar-refractivity contribution in [1.82, 2.24) is 4.90 Å². The molecule has 0 aliphatic rings. The largest absolute Gasteiger partial charge is 0.297 e. The maximum Gasteiger partial charge on any atom is 0.0273 e. The van der Waals surface area contributed by atoms with Gasteiger partial charge >= 0.3 is 0 Å². The molecule has 0 aromatic carbocycles. The summed E-state index contributed by atoms with van der Waals surface area (Å²) < 4.78 is 0. The molecule has 0 spiro atoms. The minimum absolute atomic E-state index is 0.332. The molecule has 0 aliphatic carbocycles. The van der Waals surface area contributed by atoms with Crippen molar-refractivity contribution in [3.63, 3.8) is 0 Å². The zero-order chi connectivity index (χ0) is 10.8. The third-order valence-electron chi connectivity index (χ3n) is 3.19. The SMILES string of the molecule is C=C(C)C(C)N(C)C(C)C(C)(C)C. The first-order valence-electron chi connectivity index (χ1n) is 5.05. The van der Waals surface area contributed by atoms with E-state index in [1.165, 1.54) is 5.57 Å². The van der Waals surface area contributed by atoms with Gasteiger partial charge in [-0.2, -0.15) is 0 Å². The monoisotopic (exact) mass is 183 g/mol. The van der Waals surface area contributed by atoms with Gasteiger partial charge in [-0.3, -0.25) is 4.90 Å². The molecule has 0 fully saturated rings. The molecule has 2 atom stereocenters. The summed E-state index contributed by atoms with van der Waals surface area (Å²) in [5.74, 6) is 0. The van der Waals surface area contributed by atoms with Crippen molar-refractivity contribution in [3.8, 4) is 0 Å². The van der Waals surface area contributed by atoms with Crippen LogP contribution < -0.4 is 0 Å². The number of hydrogen-bond acceptors (Lipinski definition) is 1. The fourth-order valence-electron chi connectivity index (χ4n) is 1.29. The standard InChI is InChI=1S/C12H25N/c1-9(2)10(3)13(8)11(4)12(5,6)7/h10-11H,1H2,2-8H3. The lowest BCUT2D eigenvalue weighted by Gasteiger charge is -2.39. The number of hydrogen-bond donors (Lipinski definition) is 0. The van der Waals surface area contributed by atoms with Crippen LogP contribution >= 0.6 is 0 Å². The number of nitrogens with zero attached hydrogens (tertiary/aromatic N) is 1. The molecule has 0 radical (unpaired) electrons. The van der Waals surface area contributed by atoms with Gasteiger partial charge in [-0.15, -0.1) is 0 Å². The van der Waals surface area contributed by atoms with Crippen molar-refractivity contribution >= 4 is 0 Å². The topological polar surface area (TPSA) is 3.24 Å². The molecule has 78 valence electrons. The zero-order valence-electron chi connectivity index (χ0n) is 10.3. The highest BCUT2D eigenvalue weighted by Gasteiger charge is 2.26. The molecule has 0 amide bonds.